The summed E-state index contributed by atoms with van der Waals surface area (Å²) < 4.78 is 5.44. The van der Waals surface area contributed by atoms with Crippen LogP contribution in [0, 0.1) is 0 Å². The van der Waals surface area contributed by atoms with Crippen LogP contribution in [0.3, 0.4) is 0 Å². The quantitative estimate of drug-likeness (QED) is 0.896. The van der Waals surface area contributed by atoms with Gasteiger partial charge >= 0.3 is 0 Å². The van der Waals surface area contributed by atoms with Gasteiger partial charge in [0.1, 0.15) is 0 Å². The lowest BCUT2D eigenvalue weighted by molar-refractivity contribution is 0.139. The Hall–Kier alpha value is -0.280. The van der Waals surface area contributed by atoms with Gasteiger partial charge in [0.15, 0.2) is 0 Å². The highest BCUT2D eigenvalue weighted by atomic mass is 35.5. The highest BCUT2D eigenvalue weighted by molar-refractivity contribution is 6.35. The van der Waals surface area contributed by atoms with Crippen molar-refractivity contribution < 1.29 is 4.74 Å². The Morgan fingerprint density at radius 1 is 1.24 bits per heavy atom. The van der Waals surface area contributed by atoms with Crippen LogP contribution in [-0.2, 0) is 11.2 Å². The Morgan fingerprint density at radius 3 is 2.82 bits per heavy atom. The molecule has 0 radical (unpaired) electrons. The smallest absolute Gasteiger partial charge is 0.0483 e. The predicted molar refractivity (Wildman–Crippen MR) is 71.8 cm³/mol. The van der Waals surface area contributed by atoms with Crippen LogP contribution in [0.15, 0.2) is 18.2 Å². The second-order valence-electron chi connectivity index (χ2n) is 4.74. The van der Waals surface area contributed by atoms with Gasteiger partial charge in [-0.2, -0.15) is 0 Å². The van der Waals surface area contributed by atoms with Gasteiger partial charge in [-0.25, -0.2) is 0 Å². The first kappa shape index (κ1) is 13.2. The molecule has 0 spiro atoms. The van der Waals surface area contributed by atoms with E-state index in [0.717, 1.165) is 44.5 Å². The second kappa shape index (κ2) is 5.57. The van der Waals surface area contributed by atoms with E-state index in [4.69, 9.17) is 33.7 Å². The highest BCUT2D eigenvalue weighted by Gasteiger charge is 2.27. The molecule has 0 saturated carbocycles. The van der Waals surface area contributed by atoms with E-state index in [9.17, 15) is 0 Å². The van der Waals surface area contributed by atoms with Crippen molar-refractivity contribution in [1.29, 1.82) is 0 Å². The first-order valence-electron chi connectivity index (χ1n) is 5.90. The van der Waals surface area contributed by atoms with Crippen molar-refractivity contribution in [3.8, 4) is 0 Å². The van der Waals surface area contributed by atoms with E-state index in [2.05, 4.69) is 0 Å². The fourth-order valence-electron chi connectivity index (χ4n) is 2.25. The van der Waals surface area contributed by atoms with Gasteiger partial charge in [-0.05, 0) is 43.4 Å². The Morgan fingerprint density at radius 2 is 2.06 bits per heavy atom. The normalized spacial score (nSPS) is 25.6. The lowest BCUT2D eigenvalue weighted by Crippen LogP contribution is -2.42. The summed E-state index contributed by atoms with van der Waals surface area (Å²) in [5.41, 5.74) is 7.30. The molecule has 0 aliphatic carbocycles. The van der Waals surface area contributed by atoms with Crippen molar-refractivity contribution in [3.63, 3.8) is 0 Å². The molecule has 1 saturated heterocycles. The van der Waals surface area contributed by atoms with Crippen molar-refractivity contribution >= 4 is 23.2 Å². The van der Waals surface area contributed by atoms with Crippen LogP contribution in [0.5, 0.6) is 0 Å². The minimum atomic E-state index is -0.200. The molecule has 17 heavy (non-hydrogen) atoms. The summed E-state index contributed by atoms with van der Waals surface area (Å²) in [6.07, 6.45) is 3.66. The van der Waals surface area contributed by atoms with E-state index in [1.54, 1.807) is 6.07 Å². The van der Waals surface area contributed by atoms with Crippen LogP contribution >= 0.6 is 23.2 Å². The Bertz CT molecular complexity index is 387. The topological polar surface area (TPSA) is 35.2 Å². The summed E-state index contributed by atoms with van der Waals surface area (Å²) in [7, 11) is 0. The number of nitrogens with two attached hydrogens (primary N) is 1. The highest BCUT2D eigenvalue weighted by Crippen LogP contribution is 2.28. The van der Waals surface area contributed by atoms with Crippen LogP contribution in [0.4, 0.5) is 0 Å². The SMILES string of the molecule is NC1(Cc2ccc(Cl)cc2Cl)CCCOCC1. The van der Waals surface area contributed by atoms with Gasteiger partial charge in [-0.3, -0.25) is 0 Å². The van der Waals surface area contributed by atoms with Gasteiger partial charge in [0, 0.05) is 28.8 Å². The van der Waals surface area contributed by atoms with Crippen molar-refractivity contribution in [2.75, 3.05) is 13.2 Å². The van der Waals surface area contributed by atoms with Crippen molar-refractivity contribution in [3.05, 3.63) is 33.8 Å². The van der Waals surface area contributed by atoms with Crippen LogP contribution in [-0.4, -0.2) is 18.8 Å². The average Bonchev–Trinajstić information content (AvgIpc) is 2.48. The van der Waals surface area contributed by atoms with Crippen LogP contribution in [0.2, 0.25) is 10.0 Å². The molecule has 2 rings (SSSR count). The van der Waals surface area contributed by atoms with Crippen LogP contribution < -0.4 is 5.73 Å². The Kier molecular flexibility index (Phi) is 4.31. The largest absolute Gasteiger partial charge is 0.381 e. The van der Waals surface area contributed by atoms with Crippen LogP contribution in [0.1, 0.15) is 24.8 Å². The molecular weight excluding hydrogens is 257 g/mol. The molecule has 1 aliphatic heterocycles. The number of halogens is 2. The molecule has 0 bridgehead atoms. The molecule has 1 aromatic rings. The molecule has 1 atom stereocenters. The van der Waals surface area contributed by atoms with Gasteiger partial charge in [0.05, 0.1) is 0 Å². The van der Waals surface area contributed by atoms with Crippen molar-refractivity contribution in [1.82, 2.24) is 0 Å². The lowest BCUT2D eigenvalue weighted by Gasteiger charge is -2.28. The molecule has 1 aliphatic rings. The number of hydrogen-bond acceptors (Lipinski definition) is 2. The van der Waals surface area contributed by atoms with E-state index >= 15 is 0 Å². The Labute approximate surface area is 112 Å². The van der Waals surface area contributed by atoms with Gasteiger partial charge in [-0.1, -0.05) is 29.3 Å². The molecule has 0 aromatic heterocycles. The van der Waals surface area contributed by atoms with Gasteiger partial charge < -0.3 is 10.5 Å². The molecule has 1 unspecified atom stereocenters. The number of ether oxygens (including phenoxy) is 1. The van der Waals surface area contributed by atoms with E-state index < -0.39 is 0 Å². The molecule has 0 amide bonds. The monoisotopic (exact) mass is 273 g/mol. The van der Waals surface area contributed by atoms with E-state index in [1.807, 2.05) is 12.1 Å². The van der Waals surface area contributed by atoms with E-state index in [0.29, 0.717) is 10.0 Å². The third kappa shape index (κ3) is 3.59. The summed E-state index contributed by atoms with van der Waals surface area (Å²) in [5, 5.41) is 1.36. The third-order valence-corrected chi connectivity index (χ3v) is 3.85. The molecule has 1 heterocycles. The minimum absolute atomic E-state index is 0.200. The summed E-state index contributed by atoms with van der Waals surface area (Å²) in [5.74, 6) is 0. The zero-order valence-electron chi connectivity index (χ0n) is 9.72. The number of rotatable bonds is 2. The summed E-state index contributed by atoms with van der Waals surface area (Å²) in [4.78, 5) is 0. The summed E-state index contributed by atoms with van der Waals surface area (Å²) in [6.45, 7) is 1.55. The van der Waals surface area contributed by atoms with Gasteiger partial charge in [-0.15, -0.1) is 0 Å². The molecule has 94 valence electrons. The van der Waals surface area contributed by atoms with Gasteiger partial charge in [0.2, 0.25) is 0 Å². The van der Waals surface area contributed by atoms with Crippen LogP contribution in [0.25, 0.3) is 0 Å². The maximum absolute atomic E-state index is 6.43. The second-order valence-corrected chi connectivity index (χ2v) is 5.58. The van der Waals surface area contributed by atoms with E-state index in [-0.39, 0.29) is 5.54 Å². The molecule has 2 nitrogen and oxygen atoms in total. The molecule has 1 aromatic carbocycles. The molecule has 2 N–H and O–H groups in total. The molecule has 4 heteroatoms. The van der Waals surface area contributed by atoms with Gasteiger partial charge in [0.25, 0.3) is 0 Å². The zero-order chi connectivity index (χ0) is 12.3. The standard InChI is InChI=1S/C13H17Cl2NO/c14-11-3-2-10(12(15)8-11)9-13(16)4-1-6-17-7-5-13/h2-3,8H,1,4-7,9,16H2. The lowest BCUT2D eigenvalue weighted by atomic mass is 9.85. The molecular formula is C13H17Cl2NO. The van der Waals surface area contributed by atoms with Crippen molar-refractivity contribution in [2.24, 2.45) is 5.73 Å². The Balaban J connectivity index is 2.12. The maximum atomic E-state index is 6.43. The van der Waals surface area contributed by atoms with Crippen molar-refractivity contribution in [2.45, 2.75) is 31.2 Å². The number of benzene rings is 1. The fraction of sp³-hybridized carbons (Fsp3) is 0.538. The summed E-state index contributed by atoms with van der Waals surface area (Å²) >= 11 is 12.1. The zero-order valence-corrected chi connectivity index (χ0v) is 11.2. The summed E-state index contributed by atoms with van der Waals surface area (Å²) in [6, 6.07) is 5.60. The fourth-order valence-corrected chi connectivity index (χ4v) is 2.73. The predicted octanol–water partition coefficient (Wildman–Crippen LogP) is 3.43. The van der Waals surface area contributed by atoms with E-state index in [1.165, 1.54) is 0 Å². The maximum Gasteiger partial charge on any atom is 0.0483 e. The number of hydrogen-bond donors (Lipinski definition) is 1. The molecule has 1 fully saturated rings. The third-order valence-electron chi connectivity index (χ3n) is 3.27. The first-order chi connectivity index (χ1) is 8.09. The average molecular weight is 274 g/mol. The first-order valence-corrected chi connectivity index (χ1v) is 6.65. The minimum Gasteiger partial charge on any atom is -0.381 e.